The van der Waals surface area contributed by atoms with Crippen LogP contribution in [-0.2, 0) is 11.8 Å². The van der Waals surface area contributed by atoms with Crippen molar-refractivity contribution in [2.24, 2.45) is 13.0 Å². The second-order valence-electron chi connectivity index (χ2n) is 9.28. The Morgan fingerprint density at radius 1 is 0.906 bits per heavy atom. The second kappa shape index (κ2) is 8.94. The lowest BCUT2D eigenvalue weighted by Gasteiger charge is -2.35. The summed E-state index contributed by atoms with van der Waals surface area (Å²) in [6.45, 7) is 5.70. The van der Waals surface area contributed by atoms with Gasteiger partial charge in [0.15, 0.2) is 0 Å². The third-order valence-electron chi connectivity index (χ3n) is 7.13. The molecule has 0 saturated carbocycles. The van der Waals surface area contributed by atoms with Gasteiger partial charge in [0.25, 0.3) is 0 Å². The Morgan fingerprint density at radius 2 is 1.72 bits per heavy atom. The first-order chi connectivity index (χ1) is 15.6. The van der Waals surface area contributed by atoms with Crippen LogP contribution in [0.2, 0.25) is 0 Å². The number of imidazole rings is 1. The van der Waals surface area contributed by atoms with Crippen LogP contribution in [0, 0.1) is 5.92 Å². The van der Waals surface area contributed by atoms with Crippen LogP contribution in [0.15, 0.2) is 48.5 Å². The number of para-hydroxylation sites is 2. The number of piperidine rings is 1. The number of benzene rings is 2. The van der Waals surface area contributed by atoms with Gasteiger partial charge in [0.2, 0.25) is 5.91 Å². The molecule has 32 heavy (non-hydrogen) atoms. The van der Waals surface area contributed by atoms with Gasteiger partial charge in [0.1, 0.15) is 5.82 Å². The van der Waals surface area contributed by atoms with Crippen molar-refractivity contribution >= 4 is 22.6 Å². The second-order valence-corrected chi connectivity index (χ2v) is 9.28. The lowest BCUT2D eigenvalue weighted by atomic mass is 9.94. The van der Waals surface area contributed by atoms with Crippen LogP contribution in [-0.4, -0.2) is 71.6 Å². The van der Waals surface area contributed by atoms with Crippen molar-refractivity contribution in [1.82, 2.24) is 19.4 Å². The molecule has 0 spiro atoms. The number of rotatable bonds is 3. The first-order valence-corrected chi connectivity index (χ1v) is 11.8. The SMILES string of the molecule is CN1CCCN(C(=O)C2CCN(c3cccc(-c4nc5ccccc5n4C)c3)CC2)CC1. The predicted molar refractivity (Wildman–Crippen MR) is 130 cm³/mol. The molecule has 3 heterocycles. The van der Waals surface area contributed by atoms with Crippen molar-refractivity contribution in [2.45, 2.75) is 19.3 Å². The summed E-state index contributed by atoms with van der Waals surface area (Å²) in [4.78, 5) is 24.8. The average Bonchev–Trinajstić information content (AvgIpc) is 3.01. The zero-order valence-corrected chi connectivity index (χ0v) is 19.2. The van der Waals surface area contributed by atoms with Gasteiger partial charge in [-0.2, -0.15) is 0 Å². The van der Waals surface area contributed by atoms with Gasteiger partial charge >= 0.3 is 0 Å². The first-order valence-electron chi connectivity index (χ1n) is 11.8. The molecule has 168 valence electrons. The van der Waals surface area contributed by atoms with Crippen LogP contribution in [0.5, 0.6) is 0 Å². The summed E-state index contributed by atoms with van der Waals surface area (Å²) in [7, 11) is 4.23. The van der Waals surface area contributed by atoms with E-state index in [1.807, 2.05) is 6.07 Å². The molecule has 6 nitrogen and oxygen atoms in total. The number of fused-ring (bicyclic) bond motifs is 1. The van der Waals surface area contributed by atoms with Crippen molar-refractivity contribution < 1.29 is 4.79 Å². The third kappa shape index (κ3) is 4.11. The normalized spacial score (nSPS) is 18.8. The number of hydrogen-bond acceptors (Lipinski definition) is 4. The maximum absolute atomic E-state index is 13.1. The molecule has 1 aromatic heterocycles. The Hall–Kier alpha value is -2.86. The van der Waals surface area contributed by atoms with Gasteiger partial charge in [-0.25, -0.2) is 4.98 Å². The fourth-order valence-corrected chi connectivity index (χ4v) is 5.16. The first kappa shape index (κ1) is 21.0. The molecule has 1 amide bonds. The molecule has 0 aliphatic carbocycles. The minimum Gasteiger partial charge on any atom is -0.371 e. The van der Waals surface area contributed by atoms with Gasteiger partial charge in [-0.05, 0) is 57.1 Å². The van der Waals surface area contributed by atoms with Gasteiger partial charge in [-0.3, -0.25) is 4.79 Å². The number of amides is 1. The van der Waals surface area contributed by atoms with E-state index < -0.39 is 0 Å². The van der Waals surface area contributed by atoms with E-state index in [0.717, 1.165) is 81.0 Å². The predicted octanol–water partition coefficient (Wildman–Crippen LogP) is 3.62. The molecule has 3 aromatic rings. The zero-order chi connectivity index (χ0) is 22.1. The third-order valence-corrected chi connectivity index (χ3v) is 7.13. The molecule has 2 fully saturated rings. The van der Waals surface area contributed by atoms with Crippen LogP contribution >= 0.6 is 0 Å². The van der Waals surface area contributed by atoms with Crippen LogP contribution in [0.1, 0.15) is 19.3 Å². The Kier molecular flexibility index (Phi) is 5.87. The number of likely N-dealkylation sites (N-methyl/N-ethyl adjacent to an activating group) is 1. The number of aromatic nitrogens is 2. The van der Waals surface area contributed by atoms with E-state index in [9.17, 15) is 4.79 Å². The van der Waals surface area contributed by atoms with Gasteiger partial charge in [0.05, 0.1) is 11.0 Å². The fraction of sp³-hybridized carbons (Fsp3) is 0.462. The average molecular weight is 432 g/mol. The number of aryl methyl sites for hydroxylation is 1. The highest BCUT2D eigenvalue weighted by Crippen LogP contribution is 2.30. The smallest absolute Gasteiger partial charge is 0.225 e. The molecule has 2 aromatic carbocycles. The van der Waals surface area contributed by atoms with Crippen molar-refractivity contribution in [3.05, 3.63) is 48.5 Å². The highest BCUT2D eigenvalue weighted by atomic mass is 16.2. The summed E-state index contributed by atoms with van der Waals surface area (Å²) in [5.41, 5.74) is 4.52. The number of anilines is 1. The largest absolute Gasteiger partial charge is 0.371 e. The lowest BCUT2D eigenvalue weighted by molar-refractivity contribution is -0.136. The number of nitrogens with zero attached hydrogens (tertiary/aromatic N) is 5. The number of hydrogen-bond donors (Lipinski definition) is 0. The molecule has 2 aliphatic rings. The van der Waals surface area contributed by atoms with Crippen molar-refractivity contribution in [3.63, 3.8) is 0 Å². The molecule has 6 heteroatoms. The van der Waals surface area contributed by atoms with Gasteiger partial charge < -0.3 is 19.3 Å². The molecular formula is C26H33N5O. The maximum atomic E-state index is 13.1. The molecule has 0 radical (unpaired) electrons. The summed E-state index contributed by atoms with van der Waals surface area (Å²) in [5.74, 6) is 1.52. The number of carbonyl (C=O) groups excluding carboxylic acids is 1. The molecule has 2 saturated heterocycles. The molecule has 2 aliphatic heterocycles. The van der Waals surface area contributed by atoms with E-state index in [-0.39, 0.29) is 5.92 Å². The Morgan fingerprint density at radius 3 is 2.53 bits per heavy atom. The topological polar surface area (TPSA) is 44.6 Å². The van der Waals surface area contributed by atoms with E-state index in [1.165, 1.54) is 5.69 Å². The van der Waals surface area contributed by atoms with E-state index in [1.54, 1.807) is 0 Å². The summed E-state index contributed by atoms with van der Waals surface area (Å²) in [6, 6.07) is 16.9. The highest BCUT2D eigenvalue weighted by Gasteiger charge is 2.29. The van der Waals surface area contributed by atoms with Gasteiger partial charge in [-0.15, -0.1) is 0 Å². The van der Waals surface area contributed by atoms with E-state index >= 15 is 0 Å². The minimum atomic E-state index is 0.165. The summed E-state index contributed by atoms with van der Waals surface area (Å²) >= 11 is 0. The Bertz CT molecular complexity index is 1100. The fourth-order valence-electron chi connectivity index (χ4n) is 5.16. The number of carbonyl (C=O) groups is 1. The van der Waals surface area contributed by atoms with Crippen LogP contribution < -0.4 is 4.90 Å². The van der Waals surface area contributed by atoms with E-state index in [4.69, 9.17) is 4.98 Å². The monoisotopic (exact) mass is 431 g/mol. The maximum Gasteiger partial charge on any atom is 0.225 e. The minimum absolute atomic E-state index is 0.165. The molecule has 0 atom stereocenters. The standard InChI is InChI=1S/C26H33N5O/c1-28-13-6-14-31(18-17-28)26(32)20-11-15-30(16-12-20)22-8-5-7-21(19-22)25-27-23-9-3-4-10-24(23)29(25)2/h3-5,7-10,19-20H,6,11-18H2,1-2H3. The zero-order valence-electron chi connectivity index (χ0n) is 19.2. The molecule has 0 bridgehead atoms. The quantitative estimate of drug-likeness (QED) is 0.635. The molecule has 0 N–H and O–H groups in total. The van der Waals surface area contributed by atoms with E-state index in [2.05, 4.69) is 75.8 Å². The Labute approximate surface area is 190 Å². The van der Waals surface area contributed by atoms with Gasteiger partial charge in [-0.1, -0.05) is 24.3 Å². The van der Waals surface area contributed by atoms with Crippen molar-refractivity contribution in [2.75, 3.05) is 51.2 Å². The van der Waals surface area contributed by atoms with Crippen LogP contribution in [0.25, 0.3) is 22.4 Å². The van der Waals surface area contributed by atoms with Crippen molar-refractivity contribution in [1.29, 1.82) is 0 Å². The van der Waals surface area contributed by atoms with Gasteiger partial charge in [0, 0.05) is 56.9 Å². The molecular weight excluding hydrogens is 398 g/mol. The van der Waals surface area contributed by atoms with Crippen LogP contribution in [0.4, 0.5) is 5.69 Å². The molecule has 0 unspecified atom stereocenters. The van der Waals surface area contributed by atoms with Crippen LogP contribution in [0.3, 0.4) is 0 Å². The highest BCUT2D eigenvalue weighted by molar-refractivity contribution is 5.81. The summed E-state index contributed by atoms with van der Waals surface area (Å²) in [6.07, 6.45) is 2.94. The van der Waals surface area contributed by atoms with Crippen molar-refractivity contribution in [3.8, 4) is 11.4 Å². The summed E-state index contributed by atoms with van der Waals surface area (Å²) < 4.78 is 2.16. The van der Waals surface area contributed by atoms with E-state index in [0.29, 0.717) is 5.91 Å². The summed E-state index contributed by atoms with van der Waals surface area (Å²) in [5, 5.41) is 0. The lowest BCUT2D eigenvalue weighted by Crippen LogP contribution is -2.43. The molecule has 5 rings (SSSR count). The Balaban J connectivity index is 1.27.